The van der Waals surface area contributed by atoms with Crippen molar-refractivity contribution in [1.29, 1.82) is 0 Å². The fourth-order valence-corrected chi connectivity index (χ4v) is 2.43. The molecule has 0 saturated heterocycles. The maximum Gasteiger partial charge on any atom is 0.433 e. The Bertz CT molecular complexity index is 626. The number of aryl methyl sites for hydroxylation is 1. The molecular formula is C13H11F3N2OS. The molecule has 20 heavy (non-hydrogen) atoms. The molecule has 1 aromatic heterocycles. The van der Waals surface area contributed by atoms with Gasteiger partial charge in [0, 0.05) is 11.8 Å². The van der Waals surface area contributed by atoms with E-state index in [1.807, 2.05) is 30.3 Å². The van der Waals surface area contributed by atoms with E-state index in [9.17, 15) is 18.0 Å². The first kappa shape index (κ1) is 14.6. The van der Waals surface area contributed by atoms with Crippen molar-refractivity contribution in [3.05, 3.63) is 58.0 Å². The molecule has 0 bridgehead atoms. The van der Waals surface area contributed by atoms with Crippen molar-refractivity contribution < 1.29 is 13.2 Å². The fraction of sp³-hybridized carbons (Fsp3) is 0.231. The van der Waals surface area contributed by atoms with Gasteiger partial charge in [-0.1, -0.05) is 42.1 Å². The molecule has 0 amide bonds. The van der Waals surface area contributed by atoms with Crippen molar-refractivity contribution >= 4 is 11.8 Å². The summed E-state index contributed by atoms with van der Waals surface area (Å²) < 4.78 is 37.5. The van der Waals surface area contributed by atoms with Gasteiger partial charge >= 0.3 is 6.18 Å². The lowest BCUT2D eigenvalue weighted by molar-refractivity contribution is -0.141. The van der Waals surface area contributed by atoms with Crippen LogP contribution in [-0.2, 0) is 12.6 Å². The summed E-state index contributed by atoms with van der Waals surface area (Å²) in [6, 6.07) is 10.0. The molecule has 2 rings (SSSR count). The van der Waals surface area contributed by atoms with Crippen LogP contribution < -0.4 is 5.56 Å². The molecule has 3 nitrogen and oxygen atoms in total. The predicted octanol–water partition coefficient (Wildman–Crippen LogP) is 3.12. The van der Waals surface area contributed by atoms with Crippen LogP contribution in [0.2, 0.25) is 0 Å². The van der Waals surface area contributed by atoms with Crippen LogP contribution in [-0.4, -0.2) is 15.7 Å². The average molecular weight is 300 g/mol. The zero-order valence-electron chi connectivity index (χ0n) is 10.3. The van der Waals surface area contributed by atoms with Crippen molar-refractivity contribution in [2.75, 3.05) is 5.75 Å². The lowest BCUT2D eigenvalue weighted by atomic mass is 10.2. The molecule has 106 valence electrons. The summed E-state index contributed by atoms with van der Waals surface area (Å²) in [6.07, 6.45) is -3.92. The Morgan fingerprint density at radius 2 is 1.90 bits per heavy atom. The molecule has 1 aromatic carbocycles. The number of alkyl halides is 3. The smallest absolute Gasteiger partial charge is 0.301 e. The normalized spacial score (nSPS) is 11.6. The van der Waals surface area contributed by atoms with E-state index in [1.54, 1.807) is 0 Å². The molecule has 7 heteroatoms. The number of H-pyrrole nitrogens is 1. The average Bonchev–Trinajstić information content (AvgIpc) is 2.38. The first-order valence-corrected chi connectivity index (χ1v) is 6.79. The Morgan fingerprint density at radius 1 is 1.20 bits per heavy atom. The molecule has 0 unspecified atom stereocenters. The minimum Gasteiger partial charge on any atom is -0.301 e. The minimum atomic E-state index is -4.61. The summed E-state index contributed by atoms with van der Waals surface area (Å²) in [6.45, 7) is 0. The molecule has 0 saturated carbocycles. The second-order valence-electron chi connectivity index (χ2n) is 4.02. The number of aromatic amines is 1. The number of nitrogens with zero attached hydrogens (tertiary/aromatic N) is 1. The molecule has 0 aliphatic heterocycles. The van der Waals surface area contributed by atoms with Gasteiger partial charge in [-0.05, 0) is 12.0 Å². The molecular weight excluding hydrogens is 289 g/mol. The van der Waals surface area contributed by atoms with Crippen molar-refractivity contribution in [3.8, 4) is 0 Å². The third-order valence-corrected chi connectivity index (χ3v) is 3.36. The van der Waals surface area contributed by atoms with Gasteiger partial charge in [-0.25, -0.2) is 4.98 Å². The highest BCUT2D eigenvalue weighted by molar-refractivity contribution is 7.99. The molecule has 1 N–H and O–H groups in total. The number of hydrogen-bond acceptors (Lipinski definition) is 3. The van der Waals surface area contributed by atoms with E-state index in [2.05, 4.69) is 9.97 Å². The van der Waals surface area contributed by atoms with Crippen molar-refractivity contribution in [2.45, 2.75) is 17.8 Å². The number of nitrogens with one attached hydrogen (secondary N) is 1. The van der Waals surface area contributed by atoms with Crippen LogP contribution in [0.25, 0.3) is 0 Å². The maximum absolute atomic E-state index is 12.5. The van der Waals surface area contributed by atoms with Crippen LogP contribution in [0.1, 0.15) is 11.3 Å². The van der Waals surface area contributed by atoms with Gasteiger partial charge in [-0.2, -0.15) is 13.2 Å². The molecule has 0 radical (unpaired) electrons. The van der Waals surface area contributed by atoms with Gasteiger partial charge < -0.3 is 4.98 Å². The molecule has 0 atom stereocenters. The number of halogens is 3. The number of aromatic nitrogens is 2. The van der Waals surface area contributed by atoms with Gasteiger partial charge in [0.25, 0.3) is 5.56 Å². The van der Waals surface area contributed by atoms with E-state index in [1.165, 1.54) is 0 Å². The maximum atomic E-state index is 12.5. The summed E-state index contributed by atoms with van der Waals surface area (Å²) in [5.74, 6) is 0.536. The van der Waals surface area contributed by atoms with Crippen LogP contribution in [0.4, 0.5) is 13.2 Å². The van der Waals surface area contributed by atoms with Crippen LogP contribution in [0.5, 0.6) is 0 Å². The predicted molar refractivity (Wildman–Crippen MR) is 70.7 cm³/mol. The Balaban J connectivity index is 2.03. The molecule has 1 heterocycles. The SMILES string of the molecule is O=c1cc(C(F)(F)F)nc(SCCc2ccccc2)[nH]1. The molecule has 0 aliphatic carbocycles. The van der Waals surface area contributed by atoms with Crippen LogP contribution in [0.3, 0.4) is 0 Å². The second-order valence-corrected chi connectivity index (χ2v) is 5.10. The zero-order chi connectivity index (χ0) is 14.6. The van der Waals surface area contributed by atoms with Crippen LogP contribution in [0, 0.1) is 0 Å². The van der Waals surface area contributed by atoms with Gasteiger partial charge in [0.15, 0.2) is 10.9 Å². The zero-order valence-corrected chi connectivity index (χ0v) is 11.1. The lowest BCUT2D eigenvalue weighted by Crippen LogP contribution is -2.16. The van der Waals surface area contributed by atoms with Gasteiger partial charge in [0.2, 0.25) is 0 Å². The molecule has 2 aromatic rings. The Morgan fingerprint density at radius 3 is 2.55 bits per heavy atom. The third kappa shape index (κ3) is 4.12. The highest BCUT2D eigenvalue weighted by atomic mass is 32.2. The molecule has 0 fully saturated rings. The van der Waals surface area contributed by atoms with Gasteiger partial charge in [-0.3, -0.25) is 4.79 Å². The Hall–Kier alpha value is -1.76. The van der Waals surface area contributed by atoms with E-state index >= 15 is 0 Å². The van der Waals surface area contributed by atoms with E-state index in [0.29, 0.717) is 18.2 Å². The van der Waals surface area contributed by atoms with E-state index in [-0.39, 0.29) is 5.16 Å². The number of hydrogen-bond donors (Lipinski definition) is 1. The lowest BCUT2D eigenvalue weighted by Gasteiger charge is -2.07. The van der Waals surface area contributed by atoms with Crippen molar-refractivity contribution in [2.24, 2.45) is 0 Å². The quantitative estimate of drug-likeness (QED) is 0.697. The van der Waals surface area contributed by atoms with E-state index in [4.69, 9.17) is 0 Å². The van der Waals surface area contributed by atoms with E-state index in [0.717, 1.165) is 17.3 Å². The van der Waals surface area contributed by atoms with Gasteiger partial charge in [0.05, 0.1) is 0 Å². The summed E-state index contributed by atoms with van der Waals surface area (Å²) in [7, 11) is 0. The summed E-state index contributed by atoms with van der Waals surface area (Å²) in [4.78, 5) is 16.9. The molecule has 0 aliphatic rings. The van der Waals surface area contributed by atoms with Crippen LogP contribution >= 0.6 is 11.8 Å². The first-order chi connectivity index (χ1) is 9.45. The number of rotatable bonds is 4. The standard InChI is InChI=1S/C13H11F3N2OS/c14-13(15,16)10-8-11(19)18-12(17-10)20-7-6-9-4-2-1-3-5-9/h1-5,8H,6-7H2,(H,17,18,19). The number of thioether (sulfide) groups is 1. The second kappa shape index (κ2) is 6.13. The Labute approximate surface area is 117 Å². The van der Waals surface area contributed by atoms with Crippen molar-refractivity contribution in [3.63, 3.8) is 0 Å². The summed E-state index contributed by atoms with van der Waals surface area (Å²) in [5, 5.41) is -0.0132. The van der Waals surface area contributed by atoms with Gasteiger partial charge in [-0.15, -0.1) is 0 Å². The van der Waals surface area contributed by atoms with Crippen molar-refractivity contribution in [1.82, 2.24) is 9.97 Å². The highest BCUT2D eigenvalue weighted by Gasteiger charge is 2.33. The van der Waals surface area contributed by atoms with Crippen LogP contribution in [0.15, 0.2) is 46.3 Å². The minimum absolute atomic E-state index is 0.0132. The summed E-state index contributed by atoms with van der Waals surface area (Å²) in [5.41, 5.74) is -0.882. The monoisotopic (exact) mass is 300 g/mol. The van der Waals surface area contributed by atoms with E-state index < -0.39 is 17.4 Å². The molecule has 0 spiro atoms. The topological polar surface area (TPSA) is 45.8 Å². The fourth-order valence-electron chi connectivity index (χ4n) is 1.56. The summed E-state index contributed by atoms with van der Waals surface area (Å²) >= 11 is 1.09. The third-order valence-electron chi connectivity index (χ3n) is 2.48. The largest absolute Gasteiger partial charge is 0.433 e. The first-order valence-electron chi connectivity index (χ1n) is 5.80. The Kier molecular flexibility index (Phi) is 4.49. The van der Waals surface area contributed by atoms with Gasteiger partial charge in [0.1, 0.15) is 0 Å². The highest BCUT2D eigenvalue weighted by Crippen LogP contribution is 2.27. The number of benzene rings is 1.